The van der Waals surface area contributed by atoms with E-state index < -0.39 is 23.8 Å². The normalized spacial score (nSPS) is 13.4. The molecule has 0 bridgehead atoms. The number of alkyl carbamates (subject to hydrolysis) is 1. The lowest BCUT2D eigenvalue weighted by Crippen LogP contribution is -2.44. The Morgan fingerprint density at radius 2 is 1.69 bits per heavy atom. The smallest absolute Gasteiger partial charge is 0.407 e. The first-order valence-electron chi connectivity index (χ1n) is 10.4. The van der Waals surface area contributed by atoms with Gasteiger partial charge in [-0.25, -0.2) is 9.48 Å². The summed E-state index contributed by atoms with van der Waals surface area (Å²) in [5.74, 6) is 0.190. The van der Waals surface area contributed by atoms with Crippen LogP contribution in [0.15, 0.2) is 60.7 Å². The summed E-state index contributed by atoms with van der Waals surface area (Å²) in [5.41, 5.74) is 1.28. The monoisotopic (exact) mass is 439 g/mol. The fourth-order valence-corrected chi connectivity index (χ4v) is 3.09. The number of benzene rings is 2. The molecule has 1 heterocycles. The van der Waals surface area contributed by atoms with Crippen LogP contribution >= 0.6 is 0 Å². The summed E-state index contributed by atoms with van der Waals surface area (Å²) >= 11 is 0. The lowest BCUT2D eigenvalue weighted by molar-refractivity contribution is 0.0320. The van der Waals surface area contributed by atoms with Crippen molar-refractivity contribution in [3.63, 3.8) is 0 Å². The van der Waals surface area contributed by atoms with Crippen LogP contribution in [0.25, 0.3) is 0 Å². The summed E-state index contributed by atoms with van der Waals surface area (Å²) < 4.78 is 12.4. The minimum Gasteiger partial charge on any atom is -0.444 e. The Kier molecular flexibility index (Phi) is 7.91. The van der Waals surface area contributed by atoms with Gasteiger partial charge in [-0.15, -0.1) is 5.10 Å². The molecule has 0 aliphatic heterocycles. The number of carbonyl (C=O) groups is 1. The molecule has 0 spiro atoms. The average molecular weight is 440 g/mol. The molecule has 2 N–H and O–H groups in total. The number of aromatic nitrogens is 4. The van der Waals surface area contributed by atoms with E-state index in [-0.39, 0.29) is 12.6 Å². The van der Waals surface area contributed by atoms with Crippen molar-refractivity contribution in [2.45, 2.75) is 58.3 Å². The number of nitrogens with one attached hydrogen (secondary N) is 1. The fraction of sp³-hybridized carbons (Fsp3) is 0.391. The zero-order chi connectivity index (χ0) is 23.0. The predicted molar refractivity (Wildman–Crippen MR) is 117 cm³/mol. The highest BCUT2D eigenvalue weighted by atomic mass is 16.6. The minimum absolute atomic E-state index is 0.0543. The van der Waals surface area contributed by atoms with Crippen molar-refractivity contribution >= 4 is 6.09 Å². The fourth-order valence-electron chi connectivity index (χ4n) is 3.09. The van der Waals surface area contributed by atoms with Gasteiger partial charge in [-0.3, -0.25) is 0 Å². The number of hydrogen-bond acceptors (Lipinski definition) is 7. The van der Waals surface area contributed by atoms with Gasteiger partial charge in [0.05, 0.1) is 12.6 Å². The number of carbonyl (C=O) groups excluding carboxylic acids is 1. The second-order valence-electron chi connectivity index (χ2n) is 8.39. The second-order valence-corrected chi connectivity index (χ2v) is 8.39. The molecule has 0 aliphatic carbocycles. The third-order valence-corrected chi connectivity index (χ3v) is 4.53. The Morgan fingerprint density at radius 1 is 1.06 bits per heavy atom. The summed E-state index contributed by atoms with van der Waals surface area (Å²) in [4.78, 5) is 12.4. The second kappa shape index (κ2) is 10.8. The Morgan fingerprint density at radius 3 is 2.31 bits per heavy atom. The molecule has 0 radical (unpaired) electrons. The van der Waals surface area contributed by atoms with Crippen LogP contribution in [0.1, 0.15) is 43.8 Å². The summed E-state index contributed by atoms with van der Waals surface area (Å²) in [6.45, 7) is 5.76. The van der Waals surface area contributed by atoms with Crippen molar-refractivity contribution in [1.29, 1.82) is 0 Å². The zero-order valence-electron chi connectivity index (χ0n) is 18.5. The maximum Gasteiger partial charge on any atom is 0.407 e. The molecule has 2 aromatic carbocycles. The van der Waals surface area contributed by atoms with E-state index in [0.717, 1.165) is 11.1 Å². The van der Waals surface area contributed by atoms with E-state index in [9.17, 15) is 9.90 Å². The molecule has 1 amide bonds. The average Bonchev–Trinajstić information content (AvgIpc) is 3.21. The van der Waals surface area contributed by atoms with Gasteiger partial charge in [0.2, 0.25) is 0 Å². The van der Waals surface area contributed by atoms with Gasteiger partial charge < -0.3 is 19.9 Å². The molecule has 32 heavy (non-hydrogen) atoms. The van der Waals surface area contributed by atoms with Crippen molar-refractivity contribution in [3.8, 4) is 0 Å². The molecule has 3 aromatic rings. The molecular formula is C23H29N5O4. The topological polar surface area (TPSA) is 111 Å². The minimum atomic E-state index is -1.18. The number of ether oxygens (including phenoxy) is 2. The number of tetrazole rings is 1. The van der Waals surface area contributed by atoms with Crippen molar-refractivity contribution in [2.75, 3.05) is 0 Å². The highest BCUT2D eigenvalue weighted by molar-refractivity contribution is 5.68. The number of aliphatic hydroxyl groups excluding tert-OH is 1. The lowest BCUT2D eigenvalue weighted by atomic mass is 10.0. The highest BCUT2D eigenvalue weighted by Gasteiger charge is 2.30. The van der Waals surface area contributed by atoms with E-state index >= 15 is 0 Å². The molecule has 2 atom stereocenters. The van der Waals surface area contributed by atoms with Crippen molar-refractivity contribution in [1.82, 2.24) is 25.5 Å². The van der Waals surface area contributed by atoms with E-state index in [1.165, 1.54) is 4.68 Å². The maximum absolute atomic E-state index is 12.4. The summed E-state index contributed by atoms with van der Waals surface area (Å²) in [5, 5.41) is 25.4. The van der Waals surface area contributed by atoms with E-state index in [1.54, 1.807) is 20.8 Å². The number of rotatable bonds is 9. The molecule has 0 saturated heterocycles. The number of nitrogens with zero attached hydrogens (tertiary/aromatic N) is 4. The number of hydrogen-bond donors (Lipinski definition) is 2. The van der Waals surface area contributed by atoms with Gasteiger partial charge in [-0.05, 0) is 48.7 Å². The third kappa shape index (κ3) is 7.14. The molecule has 2 unspecified atom stereocenters. The zero-order valence-corrected chi connectivity index (χ0v) is 18.5. The first-order chi connectivity index (χ1) is 15.3. The van der Waals surface area contributed by atoms with Gasteiger partial charge in [0.1, 0.15) is 18.4 Å². The summed E-state index contributed by atoms with van der Waals surface area (Å²) in [6.07, 6.45) is -1.45. The molecule has 1 aromatic heterocycles. The molecular weight excluding hydrogens is 410 g/mol. The largest absolute Gasteiger partial charge is 0.444 e. The molecule has 0 fully saturated rings. The van der Waals surface area contributed by atoms with Gasteiger partial charge in [-0.1, -0.05) is 60.7 Å². The van der Waals surface area contributed by atoms with Crippen molar-refractivity contribution in [2.24, 2.45) is 0 Å². The number of aliphatic hydroxyl groups is 1. The third-order valence-electron chi connectivity index (χ3n) is 4.53. The first kappa shape index (κ1) is 23.4. The van der Waals surface area contributed by atoms with Gasteiger partial charge in [0, 0.05) is 0 Å². The van der Waals surface area contributed by atoms with E-state index in [4.69, 9.17) is 9.47 Å². The molecule has 0 aliphatic rings. The van der Waals surface area contributed by atoms with Crippen LogP contribution in [0.4, 0.5) is 4.79 Å². The summed E-state index contributed by atoms with van der Waals surface area (Å²) in [6, 6.07) is 18.5. The Bertz CT molecular complexity index is 973. The van der Waals surface area contributed by atoms with Crippen LogP contribution in [0.3, 0.4) is 0 Å². The van der Waals surface area contributed by atoms with Crippen LogP contribution in [0.5, 0.6) is 0 Å². The van der Waals surface area contributed by atoms with E-state index in [1.807, 2.05) is 60.7 Å². The van der Waals surface area contributed by atoms with Gasteiger partial charge in [0.25, 0.3) is 0 Å². The van der Waals surface area contributed by atoms with Crippen molar-refractivity contribution in [3.05, 3.63) is 77.6 Å². The van der Waals surface area contributed by atoms with Crippen molar-refractivity contribution < 1.29 is 19.4 Å². The van der Waals surface area contributed by atoms with E-state index in [2.05, 4.69) is 20.8 Å². The molecule has 170 valence electrons. The van der Waals surface area contributed by atoms with Gasteiger partial charge >= 0.3 is 6.09 Å². The Labute approximate surface area is 187 Å². The molecule has 9 nitrogen and oxygen atoms in total. The highest BCUT2D eigenvalue weighted by Crippen LogP contribution is 2.19. The molecule has 9 heteroatoms. The van der Waals surface area contributed by atoms with Crippen LogP contribution in [-0.2, 0) is 29.2 Å². The predicted octanol–water partition coefficient (Wildman–Crippen LogP) is 3.02. The van der Waals surface area contributed by atoms with Gasteiger partial charge in [0.15, 0.2) is 5.82 Å². The van der Waals surface area contributed by atoms with Crippen LogP contribution < -0.4 is 5.32 Å². The lowest BCUT2D eigenvalue weighted by Gasteiger charge is -2.26. The van der Waals surface area contributed by atoms with Gasteiger partial charge in [-0.2, -0.15) is 0 Å². The molecule has 0 saturated carbocycles. The van der Waals surface area contributed by atoms with E-state index in [0.29, 0.717) is 13.0 Å². The Hall–Kier alpha value is -3.30. The van der Waals surface area contributed by atoms with Crippen LogP contribution in [0.2, 0.25) is 0 Å². The first-order valence-corrected chi connectivity index (χ1v) is 10.4. The van der Waals surface area contributed by atoms with Crippen LogP contribution in [-0.4, -0.2) is 43.0 Å². The van der Waals surface area contributed by atoms with Crippen LogP contribution in [0, 0.1) is 0 Å². The maximum atomic E-state index is 12.4. The quantitative estimate of drug-likeness (QED) is 0.527. The molecule has 3 rings (SSSR count). The SMILES string of the molecule is CC(C)(C)OC(=O)NC(Cc1ccccc1)C(O)c1nnnn1COCc1ccccc1. The standard InChI is InChI=1S/C23H29N5O4/c1-23(2,3)32-22(30)24-19(14-17-10-6-4-7-11-17)20(29)21-25-26-27-28(21)16-31-15-18-12-8-5-9-13-18/h4-13,19-20,29H,14-16H2,1-3H3,(H,24,30). The Balaban J connectivity index is 1.71. The number of amides is 1. The summed E-state index contributed by atoms with van der Waals surface area (Å²) in [7, 11) is 0.